The number of pyridine rings is 1. The SMILES string of the molecule is Cc1cc(C(F)(F)F)c2ncccc2c1. The van der Waals surface area contributed by atoms with Crippen molar-refractivity contribution in [3.63, 3.8) is 0 Å². The Morgan fingerprint density at radius 1 is 1.20 bits per heavy atom. The molecule has 1 aromatic carbocycles. The van der Waals surface area contributed by atoms with Crippen LogP contribution in [0.5, 0.6) is 0 Å². The second kappa shape index (κ2) is 3.22. The monoisotopic (exact) mass is 211 g/mol. The van der Waals surface area contributed by atoms with E-state index in [1.54, 1.807) is 25.1 Å². The molecule has 1 nitrogen and oxygen atoms in total. The molecular formula is C11H8F3N. The summed E-state index contributed by atoms with van der Waals surface area (Å²) in [5.41, 5.74) is -0.0727. The number of aryl methyl sites for hydroxylation is 1. The summed E-state index contributed by atoms with van der Waals surface area (Å²) in [5.74, 6) is 0. The molecule has 0 bridgehead atoms. The lowest BCUT2D eigenvalue weighted by Gasteiger charge is -2.10. The highest BCUT2D eigenvalue weighted by Crippen LogP contribution is 2.34. The van der Waals surface area contributed by atoms with Gasteiger partial charge in [0.25, 0.3) is 0 Å². The summed E-state index contributed by atoms with van der Waals surface area (Å²) in [7, 11) is 0. The van der Waals surface area contributed by atoms with Crippen molar-refractivity contribution in [1.82, 2.24) is 4.98 Å². The molecule has 0 saturated carbocycles. The van der Waals surface area contributed by atoms with Crippen molar-refractivity contribution < 1.29 is 13.2 Å². The number of benzene rings is 1. The average molecular weight is 211 g/mol. The van der Waals surface area contributed by atoms with E-state index in [1.165, 1.54) is 6.20 Å². The number of alkyl halides is 3. The molecule has 15 heavy (non-hydrogen) atoms. The third kappa shape index (κ3) is 1.79. The van der Waals surface area contributed by atoms with Gasteiger partial charge < -0.3 is 0 Å². The third-order valence-electron chi connectivity index (χ3n) is 2.15. The first kappa shape index (κ1) is 9.96. The molecule has 78 valence electrons. The van der Waals surface area contributed by atoms with Crippen LogP contribution >= 0.6 is 0 Å². The fourth-order valence-corrected chi connectivity index (χ4v) is 1.56. The Kier molecular flexibility index (Phi) is 2.14. The van der Waals surface area contributed by atoms with Gasteiger partial charge in [0.1, 0.15) is 0 Å². The molecular weight excluding hydrogens is 203 g/mol. The van der Waals surface area contributed by atoms with Crippen molar-refractivity contribution in [3.8, 4) is 0 Å². The highest BCUT2D eigenvalue weighted by Gasteiger charge is 2.33. The van der Waals surface area contributed by atoms with Crippen molar-refractivity contribution in [2.45, 2.75) is 13.1 Å². The Morgan fingerprint density at radius 3 is 2.60 bits per heavy atom. The summed E-state index contributed by atoms with van der Waals surface area (Å²) in [5, 5.41) is 0.518. The van der Waals surface area contributed by atoms with Gasteiger partial charge in [0.2, 0.25) is 0 Å². The average Bonchev–Trinajstić information content (AvgIpc) is 2.15. The predicted octanol–water partition coefficient (Wildman–Crippen LogP) is 3.56. The molecule has 0 spiro atoms. The lowest BCUT2D eigenvalue weighted by molar-refractivity contribution is -0.136. The van der Waals surface area contributed by atoms with Crippen molar-refractivity contribution in [2.75, 3.05) is 0 Å². The molecule has 2 rings (SSSR count). The van der Waals surface area contributed by atoms with Crippen LogP contribution in [0, 0.1) is 6.92 Å². The summed E-state index contributed by atoms with van der Waals surface area (Å²) in [6, 6.07) is 6.07. The number of aromatic nitrogens is 1. The standard InChI is InChI=1S/C11H8F3N/c1-7-5-8-3-2-4-15-10(8)9(6-7)11(12,13)14/h2-6H,1H3. The van der Waals surface area contributed by atoms with Crippen molar-refractivity contribution >= 4 is 10.9 Å². The Labute approximate surface area is 84.6 Å². The number of nitrogens with zero attached hydrogens (tertiary/aromatic N) is 1. The maximum Gasteiger partial charge on any atom is 0.418 e. The molecule has 0 amide bonds. The topological polar surface area (TPSA) is 12.9 Å². The molecule has 0 fully saturated rings. The smallest absolute Gasteiger partial charge is 0.256 e. The maximum absolute atomic E-state index is 12.7. The van der Waals surface area contributed by atoms with E-state index in [4.69, 9.17) is 0 Å². The van der Waals surface area contributed by atoms with E-state index in [1.807, 2.05) is 0 Å². The van der Waals surface area contributed by atoms with Crippen molar-refractivity contribution in [2.24, 2.45) is 0 Å². The van der Waals surface area contributed by atoms with Crippen molar-refractivity contribution in [3.05, 3.63) is 41.6 Å². The molecule has 4 heteroatoms. The molecule has 0 saturated heterocycles. The quantitative estimate of drug-likeness (QED) is 0.649. The molecule has 0 aliphatic heterocycles. The van der Waals surface area contributed by atoms with Crippen LogP contribution in [0.3, 0.4) is 0 Å². The zero-order chi connectivity index (χ0) is 11.1. The highest BCUT2D eigenvalue weighted by atomic mass is 19.4. The highest BCUT2D eigenvalue weighted by molar-refractivity contribution is 5.82. The van der Waals surface area contributed by atoms with E-state index in [9.17, 15) is 13.2 Å². The summed E-state index contributed by atoms with van der Waals surface area (Å²) >= 11 is 0. The zero-order valence-electron chi connectivity index (χ0n) is 7.97. The minimum atomic E-state index is -4.35. The maximum atomic E-state index is 12.7. The second-order valence-electron chi connectivity index (χ2n) is 3.39. The molecule has 0 unspecified atom stereocenters. The lowest BCUT2D eigenvalue weighted by atomic mass is 10.1. The van der Waals surface area contributed by atoms with Gasteiger partial charge in [-0.25, -0.2) is 0 Å². The van der Waals surface area contributed by atoms with Crippen LogP contribution in [-0.4, -0.2) is 4.98 Å². The molecule has 0 radical (unpaired) electrons. The van der Waals surface area contributed by atoms with Crippen molar-refractivity contribution in [1.29, 1.82) is 0 Å². The number of halogens is 3. The Balaban J connectivity index is 2.83. The van der Waals surface area contributed by atoms with Gasteiger partial charge in [0.05, 0.1) is 11.1 Å². The van der Waals surface area contributed by atoms with E-state index in [0.29, 0.717) is 10.9 Å². The summed E-state index contributed by atoms with van der Waals surface area (Å²) in [6.07, 6.45) is -2.98. The van der Waals surface area contributed by atoms with Crippen LogP contribution in [0.2, 0.25) is 0 Å². The molecule has 0 aliphatic rings. The first-order chi connectivity index (χ1) is 6.98. The van der Waals surface area contributed by atoms with Crippen LogP contribution in [0.15, 0.2) is 30.5 Å². The fraction of sp³-hybridized carbons (Fsp3) is 0.182. The lowest BCUT2D eigenvalue weighted by Crippen LogP contribution is -2.07. The van der Waals surface area contributed by atoms with E-state index < -0.39 is 11.7 Å². The van der Waals surface area contributed by atoms with Crippen LogP contribution in [0.4, 0.5) is 13.2 Å². The third-order valence-corrected chi connectivity index (χ3v) is 2.15. The van der Waals surface area contributed by atoms with E-state index >= 15 is 0 Å². The van der Waals surface area contributed by atoms with Gasteiger partial charge in [-0.2, -0.15) is 13.2 Å². The summed E-state index contributed by atoms with van der Waals surface area (Å²) in [4.78, 5) is 3.77. The molecule has 0 atom stereocenters. The first-order valence-electron chi connectivity index (χ1n) is 4.41. The largest absolute Gasteiger partial charge is 0.418 e. The van der Waals surface area contributed by atoms with E-state index in [0.717, 1.165) is 6.07 Å². The van der Waals surface area contributed by atoms with Crippen LogP contribution < -0.4 is 0 Å². The van der Waals surface area contributed by atoms with Crippen LogP contribution in [0.1, 0.15) is 11.1 Å². The van der Waals surface area contributed by atoms with Gasteiger partial charge in [0.15, 0.2) is 0 Å². The number of fused-ring (bicyclic) bond motifs is 1. The predicted molar refractivity (Wildman–Crippen MR) is 51.5 cm³/mol. The minimum Gasteiger partial charge on any atom is -0.256 e. The van der Waals surface area contributed by atoms with E-state index in [2.05, 4.69) is 4.98 Å². The second-order valence-corrected chi connectivity index (χ2v) is 3.39. The number of rotatable bonds is 0. The summed E-state index contributed by atoms with van der Waals surface area (Å²) in [6.45, 7) is 1.64. The van der Waals surface area contributed by atoms with Crippen LogP contribution in [-0.2, 0) is 6.18 Å². The van der Waals surface area contributed by atoms with Gasteiger partial charge in [-0.15, -0.1) is 0 Å². The molecule has 0 aliphatic carbocycles. The fourth-order valence-electron chi connectivity index (χ4n) is 1.56. The Bertz CT molecular complexity index is 503. The molecule has 1 aromatic heterocycles. The van der Waals surface area contributed by atoms with Gasteiger partial charge in [0, 0.05) is 11.6 Å². The molecule has 2 aromatic rings. The molecule has 1 heterocycles. The van der Waals surface area contributed by atoms with Crippen LogP contribution in [0.25, 0.3) is 10.9 Å². The Hall–Kier alpha value is -1.58. The van der Waals surface area contributed by atoms with E-state index in [-0.39, 0.29) is 5.52 Å². The number of hydrogen-bond donors (Lipinski definition) is 0. The molecule has 0 N–H and O–H groups in total. The minimum absolute atomic E-state index is 0.00981. The van der Waals surface area contributed by atoms with Gasteiger partial charge in [-0.05, 0) is 30.7 Å². The van der Waals surface area contributed by atoms with Gasteiger partial charge in [-0.3, -0.25) is 4.98 Å². The Morgan fingerprint density at radius 2 is 1.93 bits per heavy atom. The van der Waals surface area contributed by atoms with Gasteiger partial charge in [-0.1, -0.05) is 6.07 Å². The first-order valence-corrected chi connectivity index (χ1v) is 4.41. The normalized spacial score (nSPS) is 12.0. The zero-order valence-corrected chi connectivity index (χ0v) is 7.97. The van der Waals surface area contributed by atoms with Gasteiger partial charge >= 0.3 is 6.18 Å². The summed E-state index contributed by atoms with van der Waals surface area (Å²) < 4.78 is 38.0. The number of hydrogen-bond acceptors (Lipinski definition) is 1.